The van der Waals surface area contributed by atoms with E-state index in [1.54, 1.807) is 12.1 Å². The molecule has 0 radical (unpaired) electrons. The standard InChI is InChI=1S/C11H12FN5O2/c12-8-2-1-3-9(6-8)19-5-4-17-7-10(15-16-17)11(18)14-13/h1-3,6-7H,4-5,13H2,(H,14,18). The van der Waals surface area contributed by atoms with E-state index >= 15 is 0 Å². The van der Waals surface area contributed by atoms with Gasteiger partial charge in [0, 0.05) is 6.07 Å². The Morgan fingerprint density at radius 3 is 3.11 bits per heavy atom. The van der Waals surface area contributed by atoms with Gasteiger partial charge in [0.1, 0.15) is 18.2 Å². The number of hydrazine groups is 1. The molecule has 0 aliphatic carbocycles. The number of benzene rings is 1. The number of hydrogen-bond acceptors (Lipinski definition) is 5. The fourth-order valence-corrected chi connectivity index (χ4v) is 1.40. The Bertz CT molecular complexity index is 572. The summed E-state index contributed by atoms with van der Waals surface area (Å²) in [6.45, 7) is 0.651. The Labute approximate surface area is 108 Å². The minimum atomic E-state index is -0.516. The van der Waals surface area contributed by atoms with E-state index in [0.29, 0.717) is 12.3 Å². The monoisotopic (exact) mass is 265 g/mol. The second-order valence-corrected chi connectivity index (χ2v) is 3.65. The first kappa shape index (κ1) is 13.0. The maximum atomic E-state index is 12.9. The number of carbonyl (C=O) groups excluding carboxylic acids is 1. The zero-order valence-corrected chi connectivity index (χ0v) is 9.91. The van der Waals surface area contributed by atoms with E-state index in [1.165, 1.54) is 23.0 Å². The molecule has 0 saturated heterocycles. The van der Waals surface area contributed by atoms with Gasteiger partial charge >= 0.3 is 0 Å². The van der Waals surface area contributed by atoms with Crippen LogP contribution in [-0.2, 0) is 6.54 Å². The Balaban J connectivity index is 1.86. The third-order valence-corrected chi connectivity index (χ3v) is 2.29. The van der Waals surface area contributed by atoms with E-state index in [1.807, 2.05) is 5.43 Å². The summed E-state index contributed by atoms with van der Waals surface area (Å²) in [7, 11) is 0. The van der Waals surface area contributed by atoms with Crippen LogP contribution in [0.4, 0.5) is 4.39 Å². The summed E-state index contributed by atoms with van der Waals surface area (Å²) >= 11 is 0. The van der Waals surface area contributed by atoms with Crippen molar-refractivity contribution in [2.75, 3.05) is 6.61 Å². The molecule has 7 nitrogen and oxygen atoms in total. The van der Waals surface area contributed by atoms with E-state index in [2.05, 4.69) is 10.3 Å². The number of rotatable bonds is 5. The molecule has 1 heterocycles. The number of aromatic nitrogens is 3. The predicted molar refractivity (Wildman–Crippen MR) is 63.6 cm³/mol. The minimum Gasteiger partial charge on any atom is -0.492 e. The molecule has 0 aliphatic heterocycles. The van der Waals surface area contributed by atoms with Crippen LogP contribution in [0.5, 0.6) is 5.75 Å². The highest BCUT2D eigenvalue weighted by Crippen LogP contribution is 2.11. The van der Waals surface area contributed by atoms with Crippen LogP contribution in [0, 0.1) is 5.82 Å². The number of hydrogen-bond donors (Lipinski definition) is 2. The summed E-state index contributed by atoms with van der Waals surface area (Å²) < 4.78 is 19.7. The lowest BCUT2D eigenvalue weighted by Gasteiger charge is -2.05. The fraction of sp³-hybridized carbons (Fsp3) is 0.182. The molecule has 0 spiro atoms. The molecule has 19 heavy (non-hydrogen) atoms. The van der Waals surface area contributed by atoms with Crippen LogP contribution in [-0.4, -0.2) is 27.5 Å². The smallest absolute Gasteiger partial charge is 0.287 e. The van der Waals surface area contributed by atoms with Gasteiger partial charge in [-0.2, -0.15) is 0 Å². The first-order valence-electron chi connectivity index (χ1n) is 5.48. The average molecular weight is 265 g/mol. The molecule has 8 heteroatoms. The van der Waals surface area contributed by atoms with Crippen molar-refractivity contribution in [2.45, 2.75) is 6.54 Å². The highest BCUT2D eigenvalue weighted by atomic mass is 19.1. The number of ether oxygens (including phenoxy) is 1. The van der Waals surface area contributed by atoms with Crippen LogP contribution in [0.25, 0.3) is 0 Å². The van der Waals surface area contributed by atoms with Gasteiger partial charge in [0.15, 0.2) is 5.69 Å². The molecule has 0 saturated carbocycles. The summed E-state index contributed by atoms with van der Waals surface area (Å²) in [6.07, 6.45) is 1.44. The van der Waals surface area contributed by atoms with Crippen LogP contribution >= 0.6 is 0 Å². The van der Waals surface area contributed by atoms with Gasteiger partial charge < -0.3 is 4.74 Å². The summed E-state index contributed by atoms with van der Waals surface area (Å²) in [6, 6.07) is 5.83. The number of nitrogen functional groups attached to an aromatic ring is 1. The summed E-state index contributed by atoms with van der Waals surface area (Å²) in [5.41, 5.74) is 2.07. The number of nitrogens with two attached hydrogens (primary N) is 1. The first-order chi connectivity index (χ1) is 9.19. The van der Waals surface area contributed by atoms with Gasteiger partial charge in [-0.25, -0.2) is 14.9 Å². The number of carbonyl (C=O) groups is 1. The van der Waals surface area contributed by atoms with Crippen molar-refractivity contribution in [3.8, 4) is 5.75 Å². The Morgan fingerprint density at radius 1 is 1.53 bits per heavy atom. The van der Waals surface area contributed by atoms with E-state index in [0.717, 1.165) is 0 Å². The molecule has 3 N–H and O–H groups in total. The number of nitrogens with zero attached hydrogens (tertiary/aromatic N) is 3. The number of halogens is 1. The molecule has 0 aliphatic rings. The van der Waals surface area contributed by atoms with Gasteiger partial charge in [-0.1, -0.05) is 11.3 Å². The van der Waals surface area contributed by atoms with Crippen LogP contribution in [0.2, 0.25) is 0 Å². The van der Waals surface area contributed by atoms with Crippen molar-refractivity contribution in [1.82, 2.24) is 20.4 Å². The van der Waals surface area contributed by atoms with Crippen LogP contribution < -0.4 is 16.0 Å². The van der Waals surface area contributed by atoms with Crippen molar-refractivity contribution < 1.29 is 13.9 Å². The number of amides is 1. The Hall–Kier alpha value is -2.48. The van der Waals surface area contributed by atoms with Crippen molar-refractivity contribution in [3.05, 3.63) is 42.0 Å². The lowest BCUT2D eigenvalue weighted by Crippen LogP contribution is -2.30. The summed E-state index contributed by atoms with van der Waals surface area (Å²) in [4.78, 5) is 11.1. The fourth-order valence-electron chi connectivity index (χ4n) is 1.40. The van der Waals surface area contributed by atoms with Gasteiger partial charge in [0.05, 0.1) is 12.7 Å². The largest absolute Gasteiger partial charge is 0.492 e. The summed E-state index contributed by atoms with van der Waals surface area (Å²) in [5, 5.41) is 7.36. The van der Waals surface area contributed by atoms with Gasteiger partial charge in [-0.15, -0.1) is 5.10 Å². The van der Waals surface area contributed by atoms with E-state index < -0.39 is 5.91 Å². The van der Waals surface area contributed by atoms with Crippen molar-refractivity contribution in [2.24, 2.45) is 5.84 Å². The van der Waals surface area contributed by atoms with Gasteiger partial charge in [0.25, 0.3) is 5.91 Å². The first-order valence-corrected chi connectivity index (χ1v) is 5.48. The van der Waals surface area contributed by atoms with Crippen molar-refractivity contribution >= 4 is 5.91 Å². The maximum Gasteiger partial charge on any atom is 0.287 e. The molecular formula is C11H12FN5O2. The number of nitrogens with one attached hydrogen (secondary N) is 1. The molecule has 2 aromatic rings. The van der Waals surface area contributed by atoms with E-state index in [-0.39, 0.29) is 18.1 Å². The SMILES string of the molecule is NNC(=O)c1cn(CCOc2cccc(F)c2)nn1. The molecule has 1 aromatic carbocycles. The Kier molecular flexibility index (Phi) is 4.04. The highest BCUT2D eigenvalue weighted by Gasteiger charge is 2.08. The van der Waals surface area contributed by atoms with Crippen molar-refractivity contribution in [3.63, 3.8) is 0 Å². The molecule has 0 fully saturated rings. The highest BCUT2D eigenvalue weighted by molar-refractivity contribution is 5.91. The van der Waals surface area contributed by atoms with E-state index in [4.69, 9.17) is 10.6 Å². The van der Waals surface area contributed by atoms with Crippen molar-refractivity contribution in [1.29, 1.82) is 0 Å². The normalized spacial score (nSPS) is 10.2. The van der Waals surface area contributed by atoms with Crippen LogP contribution in [0.1, 0.15) is 10.5 Å². The molecule has 0 bridgehead atoms. The molecular weight excluding hydrogens is 253 g/mol. The molecule has 1 aromatic heterocycles. The van der Waals surface area contributed by atoms with E-state index in [9.17, 15) is 9.18 Å². The van der Waals surface area contributed by atoms with Gasteiger partial charge in [0.2, 0.25) is 0 Å². The zero-order chi connectivity index (χ0) is 13.7. The second-order valence-electron chi connectivity index (χ2n) is 3.65. The summed E-state index contributed by atoms with van der Waals surface area (Å²) in [5.74, 6) is 4.52. The minimum absolute atomic E-state index is 0.119. The molecule has 0 unspecified atom stereocenters. The lowest BCUT2D eigenvalue weighted by atomic mass is 10.3. The van der Waals surface area contributed by atoms with Crippen LogP contribution in [0.3, 0.4) is 0 Å². The molecule has 1 amide bonds. The Morgan fingerprint density at radius 2 is 2.37 bits per heavy atom. The third kappa shape index (κ3) is 3.49. The third-order valence-electron chi connectivity index (χ3n) is 2.29. The average Bonchev–Trinajstić information content (AvgIpc) is 2.87. The molecule has 100 valence electrons. The zero-order valence-electron chi connectivity index (χ0n) is 9.91. The molecule has 2 rings (SSSR count). The van der Waals surface area contributed by atoms with Crippen LogP contribution in [0.15, 0.2) is 30.5 Å². The quantitative estimate of drug-likeness (QED) is 0.454. The lowest BCUT2D eigenvalue weighted by molar-refractivity contribution is 0.0948. The predicted octanol–water partition coefficient (Wildman–Crippen LogP) is 0.0997. The second kappa shape index (κ2) is 5.91. The maximum absolute atomic E-state index is 12.9. The van der Waals surface area contributed by atoms with Gasteiger partial charge in [-0.05, 0) is 12.1 Å². The topological polar surface area (TPSA) is 95.1 Å². The molecule has 0 atom stereocenters. The van der Waals surface area contributed by atoms with Gasteiger partial charge in [-0.3, -0.25) is 10.2 Å².